The minimum absolute atomic E-state index is 0.469. The summed E-state index contributed by atoms with van der Waals surface area (Å²) in [7, 11) is 0. The number of nitrogen functional groups attached to an aromatic ring is 1. The van der Waals surface area contributed by atoms with E-state index in [0.29, 0.717) is 5.82 Å². The first-order chi connectivity index (χ1) is 9.81. The molecular weight excluding hydrogens is 250 g/mol. The van der Waals surface area contributed by atoms with Crippen molar-refractivity contribution in [1.82, 2.24) is 15.1 Å². The Labute approximate surface area is 119 Å². The normalized spacial score (nSPS) is 16.3. The van der Waals surface area contributed by atoms with Crippen LogP contribution in [0.15, 0.2) is 42.5 Å². The van der Waals surface area contributed by atoms with Gasteiger partial charge in [-0.05, 0) is 17.7 Å². The van der Waals surface area contributed by atoms with Crippen LogP contribution >= 0.6 is 0 Å². The second-order valence-electron chi connectivity index (χ2n) is 5.07. The zero-order valence-corrected chi connectivity index (χ0v) is 11.4. The highest BCUT2D eigenvalue weighted by Gasteiger charge is 2.18. The molecule has 0 radical (unpaired) electrons. The fourth-order valence-corrected chi connectivity index (χ4v) is 2.48. The van der Waals surface area contributed by atoms with Gasteiger partial charge in [0.1, 0.15) is 5.82 Å². The molecule has 1 aliphatic rings. The standard InChI is InChI=1S/C15H19N5/c16-14-6-7-15(18-17-14)20-10-8-19(9-11-20)12-13-4-2-1-3-5-13/h1-7H,8-12H2,(H2,16,17). The third-order valence-corrected chi connectivity index (χ3v) is 3.62. The largest absolute Gasteiger partial charge is 0.382 e. The third kappa shape index (κ3) is 3.05. The quantitative estimate of drug-likeness (QED) is 0.912. The number of nitrogens with two attached hydrogens (primary N) is 1. The Morgan fingerprint density at radius 3 is 2.30 bits per heavy atom. The highest BCUT2D eigenvalue weighted by molar-refractivity contribution is 5.41. The van der Waals surface area contributed by atoms with Gasteiger partial charge in [-0.25, -0.2) is 0 Å². The fourth-order valence-electron chi connectivity index (χ4n) is 2.48. The van der Waals surface area contributed by atoms with Gasteiger partial charge >= 0.3 is 0 Å². The lowest BCUT2D eigenvalue weighted by Crippen LogP contribution is -2.46. The average molecular weight is 269 g/mol. The van der Waals surface area contributed by atoms with Crippen molar-refractivity contribution in [3.63, 3.8) is 0 Å². The lowest BCUT2D eigenvalue weighted by molar-refractivity contribution is 0.249. The van der Waals surface area contributed by atoms with E-state index >= 15 is 0 Å². The molecule has 0 bridgehead atoms. The molecule has 2 aromatic rings. The Hall–Kier alpha value is -2.14. The van der Waals surface area contributed by atoms with Crippen LogP contribution in [0.1, 0.15) is 5.56 Å². The smallest absolute Gasteiger partial charge is 0.151 e. The van der Waals surface area contributed by atoms with Crippen LogP contribution in [0.5, 0.6) is 0 Å². The second kappa shape index (κ2) is 5.88. The van der Waals surface area contributed by atoms with E-state index in [4.69, 9.17) is 5.73 Å². The van der Waals surface area contributed by atoms with Crippen molar-refractivity contribution in [2.75, 3.05) is 36.8 Å². The molecule has 1 saturated heterocycles. The van der Waals surface area contributed by atoms with Gasteiger partial charge in [0.25, 0.3) is 0 Å². The van der Waals surface area contributed by atoms with Crippen LogP contribution in [0.3, 0.4) is 0 Å². The Morgan fingerprint density at radius 2 is 1.65 bits per heavy atom. The number of piperazine rings is 1. The zero-order chi connectivity index (χ0) is 13.8. The number of nitrogens with zero attached hydrogens (tertiary/aromatic N) is 4. The first-order valence-corrected chi connectivity index (χ1v) is 6.92. The van der Waals surface area contributed by atoms with Crippen LogP contribution in [0.25, 0.3) is 0 Å². The first-order valence-electron chi connectivity index (χ1n) is 6.92. The summed E-state index contributed by atoms with van der Waals surface area (Å²) in [5.74, 6) is 1.38. The molecule has 2 N–H and O–H groups in total. The summed E-state index contributed by atoms with van der Waals surface area (Å²) in [4.78, 5) is 4.73. The summed E-state index contributed by atoms with van der Waals surface area (Å²) in [5.41, 5.74) is 6.93. The molecule has 0 aliphatic carbocycles. The van der Waals surface area contributed by atoms with E-state index in [1.165, 1.54) is 5.56 Å². The van der Waals surface area contributed by atoms with E-state index in [-0.39, 0.29) is 0 Å². The summed E-state index contributed by atoms with van der Waals surface area (Å²) < 4.78 is 0. The monoisotopic (exact) mass is 269 g/mol. The summed E-state index contributed by atoms with van der Waals surface area (Å²) in [6.45, 7) is 5.06. The average Bonchev–Trinajstić information content (AvgIpc) is 2.50. The van der Waals surface area contributed by atoms with Crippen molar-refractivity contribution >= 4 is 11.6 Å². The molecule has 0 spiro atoms. The predicted molar refractivity (Wildman–Crippen MR) is 80.4 cm³/mol. The molecule has 1 aliphatic heterocycles. The molecule has 1 fully saturated rings. The number of benzene rings is 1. The molecule has 1 aromatic heterocycles. The molecule has 2 heterocycles. The van der Waals surface area contributed by atoms with Gasteiger partial charge in [-0.15, -0.1) is 10.2 Å². The van der Waals surface area contributed by atoms with E-state index in [9.17, 15) is 0 Å². The highest BCUT2D eigenvalue weighted by Crippen LogP contribution is 2.14. The Balaban J connectivity index is 1.55. The van der Waals surface area contributed by atoms with Gasteiger partial charge in [0, 0.05) is 32.7 Å². The van der Waals surface area contributed by atoms with E-state index in [1.54, 1.807) is 6.07 Å². The van der Waals surface area contributed by atoms with Gasteiger partial charge in [0.2, 0.25) is 0 Å². The van der Waals surface area contributed by atoms with Crippen molar-refractivity contribution in [1.29, 1.82) is 0 Å². The maximum Gasteiger partial charge on any atom is 0.151 e. The summed E-state index contributed by atoms with van der Waals surface area (Å²) in [5, 5.41) is 8.06. The molecule has 5 nitrogen and oxygen atoms in total. The first kappa shape index (κ1) is 12.9. The minimum atomic E-state index is 0.469. The van der Waals surface area contributed by atoms with Crippen molar-refractivity contribution in [3.8, 4) is 0 Å². The number of hydrogen-bond donors (Lipinski definition) is 1. The SMILES string of the molecule is Nc1ccc(N2CCN(Cc3ccccc3)CC2)nn1. The van der Waals surface area contributed by atoms with Crippen LogP contribution < -0.4 is 10.6 Å². The van der Waals surface area contributed by atoms with E-state index in [0.717, 1.165) is 38.5 Å². The van der Waals surface area contributed by atoms with Crippen LogP contribution in [0, 0.1) is 0 Å². The molecule has 0 amide bonds. The minimum Gasteiger partial charge on any atom is -0.382 e. The lowest BCUT2D eigenvalue weighted by atomic mass is 10.2. The second-order valence-corrected chi connectivity index (χ2v) is 5.07. The van der Waals surface area contributed by atoms with Gasteiger partial charge in [0.05, 0.1) is 0 Å². The van der Waals surface area contributed by atoms with Gasteiger partial charge in [-0.3, -0.25) is 4.90 Å². The highest BCUT2D eigenvalue weighted by atomic mass is 15.3. The molecular formula is C15H19N5. The number of aromatic nitrogens is 2. The van der Waals surface area contributed by atoms with Gasteiger partial charge in [-0.2, -0.15) is 0 Å². The van der Waals surface area contributed by atoms with E-state index in [1.807, 2.05) is 6.07 Å². The van der Waals surface area contributed by atoms with Gasteiger partial charge in [-0.1, -0.05) is 30.3 Å². The van der Waals surface area contributed by atoms with Crippen molar-refractivity contribution in [2.24, 2.45) is 0 Å². The Bertz CT molecular complexity index is 532. The molecule has 20 heavy (non-hydrogen) atoms. The summed E-state index contributed by atoms with van der Waals surface area (Å²) in [6.07, 6.45) is 0. The number of hydrogen-bond acceptors (Lipinski definition) is 5. The molecule has 1 aromatic carbocycles. The van der Waals surface area contributed by atoms with E-state index < -0.39 is 0 Å². The van der Waals surface area contributed by atoms with Crippen molar-refractivity contribution < 1.29 is 0 Å². The topological polar surface area (TPSA) is 58.3 Å². The van der Waals surface area contributed by atoms with Crippen LogP contribution in [0.4, 0.5) is 11.6 Å². The maximum absolute atomic E-state index is 5.56. The van der Waals surface area contributed by atoms with Crippen molar-refractivity contribution in [3.05, 3.63) is 48.0 Å². The fraction of sp³-hybridized carbons (Fsp3) is 0.333. The number of anilines is 2. The molecule has 0 unspecified atom stereocenters. The summed E-state index contributed by atoms with van der Waals surface area (Å²) in [6, 6.07) is 14.3. The number of rotatable bonds is 3. The molecule has 0 saturated carbocycles. The lowest BCUT2D eigenvalue weighted by Gasteiger charge is -2.35. The molecule has 5 heteroatoms. The maximum atomic E-state index is 5.56. The van der Waals surface area contributed by atoms with E-state index in [2.05, 4.69) is 50.3 Å². The molecule has 104 valence electrons. The van der Waals surface area contributed by atoms with Crippen LogP contribution in [-0.2, 0) is 6.54 Å². The van der Waals surface area contributed by atoms with Crippen molar-refractivity contribution in [2.45, 2.75) is 6.54 Å². The van der Waals surface area contributed by atoms with Crippen LogP contribution in [0.2, 0.25) is 0 Å². The zero-order valence-electron chi connectivity index (χ0n) is 11.4. The van der Waals surface area contributed by atoms with Gasteiger partial charge < -0.3 is 10.6 Å². The van der Waals surface area contributed by atoms with Gasteiger partial charge in [0.15, 0.2) is 5.82 Å². The third-order valence-electron chi connectivity index (χ3n) is 3.62. The molecule has 0 atom stereocenters. The predicted octanol–water partition coefficient (Wildman–Crippen LogP) is 1.38. The Kier molecular flexibility index (Phi) is 3.78. The summed E-state index contributed by atoms with van der Waals surface area (Å²) >= 11 is 0. The Morgan fingerprint density at radius 1 is 0.900 bits per heavy atom. The van der Waals surface area contributed by atoms with Crippen LogP contribution in [-0.4, -0.2) is 41.3 Å². The molecule has 3 rings (SSSR count).